The standard InChI is InChI=1S/C11H11ClO/c1-8-3-6-11(12)7-10(8)5-4-9(2)13/h3-7H,1-2H3. The minimum absolute atomic E-state index is 0.0411. The van der Waals surface area contributed by atoms with E-state index in [0.717, 1.165) is 11.1 Å². The zero-order valence-corrected chi connectivity index (χ0v) is 8.43. The Balaban J connectivity index is 3.00. The lowest BCUT2D eigenvalue weighted by atomic mass is 10.1. The molecular weight excluding hydrogens is 184 g/mol. The van der Waals surface area contributed by atoms with Crippen LogP contribution in [0.2, 0.25) is 5.02 Å². The maximum atomic E-state index is 10.7. The van der Waals surface area contributed by atoms with Gasteiger partial charge in [-0.15, -0.1) is 0 Å². The molecule has 0 N–H and O–H groups in total. The Morgan fingerprint density at radius 1 is 1.46 bits per heavy atom. The highest BCUT2D eigenvalue weighted by Crippen LogP contribution is 2.16. The molecule has 0 aromatic heterocycles. The smallest absolute Gasteiger partial charge is 0.152 e. The molecule has 0 aliphatic rings. The maximum absolute atomic E-state index is 10.7. The number of ketones is 1. The molecule has 0 fully saturated rings. The number of hydrogen-bond donors (Lipinski definition) is 0. The zero-order valence-electron chi connectivity index (χ0n) is 7.67. The van der Waals surface area contributed by atoms with Gasteiger partial charge in [0.2, 0.25) is 0 Å². The number of hydrogen-bond acceptors (Lipinski definition) is 1. The summed E-state index contributed by atoms with van der Waals surface area (Å²) in [5.74, 6) is 0.0411. The largest absolute Gasteiger partial charge is 0.295 e. The second kappa shape index (κ2) is 4.24. The van der Waals surface area contributed by atoms with Crippen LogP contribution in [0.1, 0.15) is 18.1 Å². The molecule has 0 aliphatic heterocycles. The molecule has 0 saturated carbocycles. The van der Waals surface area contributed by atoms with Crippen molar-refractivity contribution in [1.82, 2.24) is 0 Å². The summed E-state index contributed by atoms with van der Waals surface area (Å²) in [6, 6.07) is 5.61. The van der Waals surface area contributed by atoms with Crippen molar-refractivity contribution < 1.29 is 4.79 Å². The second-order valence-corrected chi connectivity index (χ2v) is 3.38. The van der Waals surface area contributed by atoms with Crippen molar-refractivity contribution in [3.63, 3.8) is 0 Å². The highest BCUT2D eigenvalue weighted by Gasteiger charge is 1.95. The van der Waals surface area contributed by atoms with E-state index < -0.39 is 0 Å². The average molecular weight is 195 g/mol. The van der Waals surface area contributed by atoms with Crippen LogP contribution in [0.5, 0.6) is 0 Å². The summed E-state index contributed by atoms with van der Waals surface area (Å²) in [7, 11) is 0. The van der Waals surface area contributed by atoms with E-state index in [0.29, 0.717) is 5.02 Å². The number of rotatable bonds is 2. The van der Waals surface area contributed by atoms with Gasteiger partial charge in [-0.2, -0.15) is 0 Å². The van der Waals surface area contributed by atoms with E-state index in [9.17, 15) is 4.79 Å². The lowest BCUT2D eigenvalue weighted by molar-refractivity contribution is -0.112. The van der Waals surface area contributed by atoms with Gasteiger partial charge in [0, 0.05) is 5.02 Å². The molecule has 1 rings (SSSR count). The molecular formula is C11H11ClO. The molecule has 0 radical (unpaired) electrons. The van der Waals surface area contributed by atoms with Crippen molar-refractivity contribution in [1.29, 1.82) is 0 Å². The van der Waals surface area contributed by atoms with Crippen LogP contribution in [0.15, 0.2) is 24.3 Å². The van der Waals surface area contributed by atoms with Crippen LogP contribution in [-0.4, -0.2) is 5.78 Å². The molecule has 0 heterocycles. The highest BCUT2D eigenvalue weighted by molar-refractivity contribution is 6.30. The fourth-order valence-corrected chi connectivity index (χ4v) is 1.18. The Morgan fingerprint density at radius 3 is 2.77 bits per heavy atom. The summed E-state index contributed by atoms with van der Waals surface area (Å²) in [4.78, 5) is 10.7. The van der Waals surface area contributed by atoms with Crippen molar-refractivity contribution in [2.45, 2.75) is 13.8 Å². The third kappa shape index (κ3) is 3.03. The lowest BCUT2D eigenvalue weighted by Crippen LogP contribution is -1.83. The summed E-state index contributed by atoms with van der Waals surface area (Å²) >= 11 is 5.81. The Labute approximate surface area is 83.0 Å². The first-order chi connectivity index (χ1) is 6.09. The van der Waals surface area contributed by atoms with Crippen molar-refractivity contribution in [3.8, 4) is 0 Å². The predicted molar refractivity (Wildman–Crippen MR) is 55.9 cm³/mol. The Bertz CT molecular complexity index is 353. The maximum Gasteiger partial charge on any atom is 0.152 e. The van der Waals surface area contributed by atoms with Gasteiger partial charge in [0.15, 0.2) is 5.78 Å². The number of halogens is 1. The van der Waals surface area contributed by atoms with E-state index in [2.05, 4.69) is 0 Å². The molecule has 0 spiro atoms. The van der Waals surface area contributed by atoms with Gasteiger partial charge in [-0.3, -0.25) is 4.79 Å². The second-order valence-electron chi connectivity index (χ2n) is 2.94. The van der Waals surface area contributed by atoms with Gasteiger partial charge < -0.3 is 0 Å². The number of allylic oxidation sites excluding steroid dienone is 1. The van der Waals surface area contributed by atoms with Gasteiger partial charge in [0.1, 0.15) is 0 Å². The molecule has 68 valence electrons. The minimum atomic E-state index is 0.0411. The molecule has 0 aliphatic carbocycles. The normalized spacial score (nSPS) is 10.7. The van der Waals surface area contributed by atoms with E-state index in [1.807, 2.05) is 25.1 Å². The van der Waals surface area contributed by atoms with E-state index >= 15 is 0 Å². The van der Waals surface area contributed by atoms with Crippen molar-refractivity contribution in [2.24, 2.45) is 0 Å². The number of carbonyl (C=O) groups is 1. The Hall–Kier alpha value is -1.08. The number of carbonyl (C=O) groups excluding carboxylic acids is 1. The zero-order chi connectivity index (χ0) is 9.84. The van der Waals surface area contributed by atoms with Crippen LogP contribution in [0.4, 0.5) is 0 Å². The molecule has 13 heavy (non-hydrogen) atoms. The van der Waals surface area contributed by atoms with Crippen LogP contribution in [0, 0.1) is 6.92 Å². The average Bonchev–Trinajstić information content (AvgIpc) is 2.06. The summed E-state index contributed by atoms with van der Waals surface area (Å²) in [6.07, 6.45) is 3.32. The van der Waals surface area contributed by atoms with Gasteiger partial charge in [-0.25, -0.2) is 0 Å². The molecule has 1 nitrogen and oxygen atoms in total. The Kier molecular flexibility index (Phi) is 3.26. The summed E-state index contributed by atoms with van der Waals surface area (Å²) < 4.78 is 0. The molecule has 0 amide bonds. The van der Waals surface area contributed by atoms with E-state index in [1.165, 1.54) is 6.92 Å². The molecule has 0 saturated heterocycles. The van der Waals surface area contributed by atoms with E-state index in [4.69, 9.17) is 11.6 Å². The first kappa shape index (κ1) is 10.0. The SMILES string of the molecule is CC(=O)C=Cc1cc(Cl)ccc1C. The fraction of sp³-hybridized carbons (Fsp3) is 0.182. The van der Waals surface area contributed by atoms with Crippen LogP contribution >= 0.6 is 11.6 Å². The predicted octanol–water partition coefficient (Wildman–Crippen LogP) is 3.25. The molecule has 0 bridgehead atoms. The van der Waals surface area contributed by atoms with Gasteiger partial charge in [-0.1, -0.05) is 23.7 Å². The Morgan fingerprint density at radius 2 is 2.15 bits per heavy atom. The van der Waals surface area contributed by atoms with Crippen LogP contribution < -0.4 is 0 Å². The number of aryl methyl sites for hydroxylation is 1. The lowest BCUT2D eigenvalue weighted by Gasteiger charge is -1.99. The number of benzene rings is 1. The molecule has 0 unspecified atom stereocenters. The van der Waals surface area contributed by atoms with Crippen molar-refractivity contribution in [3.05, 3.63) is 40.4 Å². The molecule has 2 heteroatoms. The summed E-state index contributed by atoms with van der Waals surface area (Å²) in [5, 5.41) is 0.689. The van der Waals surface area contributed by atoms with Gasteiger partial charge >= 0.3 is 0 Å². The van der Waals surface area contributed by atoms with Crippen molar-refractivity contribution >= 4 is 23.5 Å². The van der Waals surface area contributed by atoms with Crippen LogP contribution in [0.3, 0.4) is 0 Å². The molecule has 1 aromatic rings. The summed E-state index contributed by atoms with van der Waals surface area (Å²) in [6.45, 7) is 3.51. The van der Waals surface area contributed by atoms with Crippen LogP contribution in [-0.2, 0) is 4.79 Å². The highest BCUT2D eigenvalue weighted by atomic mass is 35.5. The monoisotopic (exact) mass is 194 g/mol. The fourth-order valence-electron chi connectivity index (χ4n) is 0.998. The van der Waals surface area contributed by atoms with Crippen molar-refractivity contribution in [2.75, 3.05) is 0 Å². The first-order valence-corrected chi connectivity index (χ1v) is 4.42. The third-order valence-electron chi connectivity index (χ3n) is 1.74. The quantitative estimate of drug-likeness (QED) is 0.661. The molecule has 0 atom stereocenters. The minimum Gasteiger partial charge on any atom is -0.295 e. The van der Waals surface area contributed by atoms with E-state index in [1.54, 1.807) is 12.2 Å². The molecule has 1 aromatic carbocycles. The van der Waals surface area contributed by atoms with Gasteiger partial charge in [-0.05, 0) is 43.2 Å². The van der Waals surface area contributed by atoms with Crippen LogP contribution in [0.25, 0.3) is 6.08 Å². The summed E-state index contributed by atoms with van der Waals surface area (Å²) in [5.41, 5.74) is 2.10. The third-order valence-corrected chi connectivity index (χ3v) is 1.97. The van der Waals surface area contributed by atoms with Gasteiger partial charge in [0.05, 0.1) is 0 Å². The van der Waals surface area contributed by atoms with E-state index in [-0.39, 0.29) is 5.78 Å². The van der Waals surface area contributed by atoms with Gasteiger partial charge in [0.25, 0.3) is 0 Å². The first-order valence-electron chi connectivity index (χ1n) is 4.04. The topological polar surface area (TPSA) is 17.1 Å².